The van der Waals surface area contributed by atoms with Gasteiger partial charge in [-0.2, -0.15) is 0 Å². The van der Waals surface area contributed by atoms with Crippen molar-refractivity contribution in [3.05, 3.63) is 60.2 Å². The van der Waals surface area contributed by atoms with E-state index in [1.165, 1.54) is 0 Å². The molecule has 0 aliphatic carbocycles. The summed E-state index contributed by atoms with van der Waals surface area (Å²) in [4.78, 5) is 21.4. The Hall–Kier alpha value is -2.48. The lowest BCUT2D eigenvalue weighted by molar-refractivity contribution is 0.0798. The first-order valence-electron chi connectivity index (χ1n) is 10.9. The zero-order valence-corrected chi connectivity index (χ0v) is 18.3. The number of fused-ring (bicyclic) bond motifs is 1. The van der Waals surface area contributed by atoms with Gasteiger partial charge in [-0.05, 0) is 18.1 Å². The predicted molar refractivity (Wildman–Crippen MR) is 123 cm³/mol. The Morgan fingerprint density at radius 2 is 1.68 bits per heavy atom. The molecule has 2 aliphatic heterocycles. The number of H-pyrrole nitrogens is 1. The van der Waals surface area contributed by atoms with Crippen LogP contribution >= 0.6 is 0 Å². The summed E-state index contributed by atoms with van der Waals surface area (Å²) >= 11 is 0. The summed E-state index contributed by atoms with van der Waals surface area (Å²) in [7, 11) is -2.87. The van der Waals surface area contributed by atoms with Crippen molar-refractivity contribution in [2.45, 2.75) is 12.5 Å². The van der Waals surface area contributed by atoms with Crippen LogP contribution in [0, 0.1) is 0 Å². The number of carbonyl (C=O) groups is 1. The fourth-order valence-electron chi connectivity index (χ4n) is 4.89. The van der Waals surface area contributed by atoms with Crippen molar-refractivity contribution in [2.24, 2.45) is 0 Å². The number of hydrogen-bond donors (Lipinski definition) is 1. The number of rotatable bonds is 5. The maximum Gasteiger partial charge on any atom is 0.179 e. The van der Waals surface area contributed by atoms with Gasteiger partial charge >= 0.3 is 0 Å². The molecule has 2 aliphatic rings. The molecular formula is C24H27N3O3S. The van der Waals surface area contributed by atoms with Crippen LogP contribution in [0.1, 0.15) is 16.8 Å². The lowest BCUT2D eigenvalue weighted by atomic mass is 10.0. The zero-order valence-electron chi connectivity index (χ0n) is 17.5. The summed E-state index contributed by atoms with van der Waals surface area (Å²) in [6, 6.07) is 18.1. The van der Waals surface area contributed by atoms with Gasteiger partial charge in [-0.3, -0.25) is 14.6 Å². The highest BCUT2D eigenvalue weighted by molar-refractivity contribution is 7.91. The van der Waals surface area contributed by atoms with Gasteiger partial charge < -0.3 is 4.98 Å². The average Bonchev–Trinajstić information content (AvgIpc) is 3.35. The summed E-state index contributed by atoms with van der Waals surface area (Å²) in [6.45, 7) is 3.56. The molecule has 2 saturated heterocycles. The second-order valence-electron chi connectivity index (χ2n) is 8.58. The third-order valence-corrected chi connectivity index (χ3v) is 8.30. The number of para-hydroxylation sites is 1. The molecule has 5 rings (SSSR count). The molecule has 0 spiro atoms. The smallest absolute Gasteiger partial charge is 0.179 e. The van der Waals surface area contributed by atoms with Gasteiger partial charge in [0.05, 0.1) is 29.3 Å². The molecule has 0 unspecified atom stereocenters. The van der Waals surface area contributed by atoms with Crippen molar-refractivity contribution in [1.82, 2.24) is 14.8 Å². The molecule has 6 nitrogen and oxygen atoms in total. The second kappa shape index (κ2) is 8.22. The third kappa shape index (κ3) is 4.18. The molecule has 7 heteroatoms. The molecule has 1 atom stereocenters. The number of aromatic amines is 1. The molecule has 1 N–H and O–H groups in total. The Morgan fingerprint density at radius 3 is 2.39 bits per heavy atom. The molecule has 3 aromatic rings. The molecule has 162 valence electrons. The summed E-state index contributed by atoms with van der Waals surface area (Å²) in [5, 5.41) is 0.959. The van der Waals surface area contributed by atoms with E-state index in [1.54, 1.807) is 0 Å². The van der Waals surface area contributed by atoms with Crippen LogP contribution in [0.3, 0.4) is 0 Å². The van der Waals surface area contributed by atoms with Crippen molar-refractivity contribution >= 4 is 26.5 Å². The molecule has 2 fully saturated rings. The monoisotopic (exact) mass is 437 g/mol. The summed E-state index contributed by atoms with van der Waals surface area (Å²) in [5.41, 5.74) is 3.61. The molecular weight excluding hydrogens is 410 g/mol. The van der Waals surface area contributed by atoms with E-state index in [1.807, 2.05) is 54.6 Å². The maximum atomic E-state index is 13.5. The van der Waals surface area contributed by atoms with Crippen LogP contribution in [0.4, 0.5) is 0 Å². The van der Waals surface area contributed by atoms with Crippen LogP contribution in [0.2, 0.25) is 0 Å². The largest absolute Gasteiger partial charge is 0.354 e. The van der Waals surface area contributed by atoms with Crippen LogP contribution in [0.5, 0.6) is 0 Å². The maximum absolute atomic E-state index is 13.5. The van der Waals surface area contributed by atoms with E-state index >= 15 is 0 Å². The van der Waals surface area contributed by atoms with E-state index in [-0.39, 0.29) is 17.6 Å². The Balaban J connectivity index is 1.32. The highest BCUT2D eigenvalue weighted by Crippen LogP contribution is 2.31. The SMILES string of the molecule is O=C(CN1CCN([C@H]2CCS(=O)(=O)C2)CC1)c1c(-c2ccccc2)[nH]c2ccccc12. The topological polar surface area (TPSA) is 73.5 Å². The number of hydrogen-bond acceptors (Lipinski definition) is 5. The van der Waals surface area contributed by atoms with E-state index in [9.17, 15) is 13.2 Å². The number of benzene rings is 2. The number of Topliss-reactive ketones (excluding diaryl/α,β-unsaturated/α-hetero) is 1. The minimum Gasteiger partial charge on any atom is -0.354 e. The fraction of sp³-hybridized carbons (Fsp3) is 0.375. The molecule has 2 aromatic carbocycles. The number of ketones is 1. The summed E-state index contributed by atoms with van der Waals surface area (Å²) in [5.74, 6) is 0.703. The van der Waals surface area contributed by atoms with Crippen molar-refractivity contribution < 1.29 is 13.2 Å². The third-order valence-electron chi connectivity index (χ3n) is 6.55. The first-order valence-corrected chi connectivity index (χ1v) is 12.7. The molecule has 0 saturated carbocycles. The minimum atomic E-state index is -2.87. The fourth-order valence-corrected chi connectivity index (χ4v) is 6.65. The van der Waals surface area contributed by atoms with Crippen LogP contribution in [0.15, 0.2) is 54.6 Å². The van der Waals surface area contributed by atoms with Crippen LogP contribution in [-0.2, 0) is 9.84 Å². The Morgan fingerprint density at radius 1 is 0.968 bits per heavy atom. The lowest BCUT2D eigenvalue weighted by Crippen LogP contribution is -2.51. The number of nitrogens with one attached hydrogen (secondary N) is 1. The minimum absolute atomic E-state index is 0.119. The van der Waals surface area contributed by atoms with E-state index in [4.69, 9.17) is 0 Å². The quantitative estimate of drug-likeness (QED) is 0.622. The van der Waals surface area contributed by atoms with E-state index in [2.05, 4.69) is 14.8 Å². The number of nitrogens with zero attached hydrogens (tertiary/aromatic N) is 2. The first-order chi connectivity index (χ1) is 15.0. The van der Waals surface area contributed by atoms with Gasteiger partial charge in [-0.25, -0.2) is 8.42 Å². The molecule has 0 amide bonds. The van der Waals surface area contributed by atoms with Crippen LogP contribution in [0.25, 0.3) is 22.2 Å². The van der Waals surface area contributed by atoms with Gasteiger partial charge in [0.1, 0.15) is 0 Å². The van der Waals surface area contributed by atoms with E-state index < -0.39 is 9.84 Å². The van der Waals surface area contributed by atoms with Gasteiger partial charge in [-0.1, -0.05) is 48.5 Å². The second-order valence-corrected chi connectivity index (χ2v) is 10.8. The molecule has 31 heavy (non-hydrogen) atoms. The highest BCUT2D eigenvalue weighted by atomic mass is 32.2. The van der Waals surface area contributed by atoms with Crippen molar-refractivity contribution in [3.63, 3.8) is 0 Å². The van der Waals surface area contributed by atoms with Gasteiger partial charge in [0, 0.05) is 43.1 Å². The van der Waals surface area contributed by atoms with E-state index in [0.717, 1.165) is 60.3 Å². The molecule has 0 radical (unpaired) electrons. The number of piperazine rings is 1. The summed E-state index contributed by atoms with van der Waals surface area (Å²) < 4.78 is 23.6. The summed E-state index contributed by atoms with van der Waals surface area (Å²) in [6.07, 6.45) is 0.733. The normalized spacial score (nSPS) is 22.1. The van der Waals surface area contributed by atoms with Crippen molar-refractivity contribution in [2.75, 3.05) is 44.2 Å². The van der Waals surface area contributed by atoms with E-state index in [0.29, 0.717) is 12.3 Å². The molecule has 0 bridgehead atoms. The first kappa shape index (κ1) is 20.4. The van der Waals surface area contributed by atoms with Gasteiger partial charge in [0.2, 0.25) is 0 Å². The Kier molecular flexibility index (Phi) is 5.42. The van der Waals surface area contributed by atoms with Crippen LogP contribution < -0.4 is 0 Å². The number of sulfone groups is 1. The molecule has 3 heterocycles. The Labute approximate surface area is 182 Å². The standard InChI is InChI=1S/C24H27N3O3S/c28-22(16-26-11-13-27(14-12-26)19-10-15-31(29,30)17-19)23-20-8-4-5-9-21(20)25-24(23)18-6-2-1-3-7-18/h1-9,19,25H,10-17H2/t19-/m0/s1. The van der Waals surface area contributed by atoms with Gasteiger partial charge in [0.15, 0.2) is 15.6 Å². The number of carbonyl (C=O) groups excluding carboxylic acids is 1. The van der Waals surface area contributed by atoms with Crippen LogP contribution in [-0.4, -0.2) is 79.3 Å². The van der Waals surface area contributed by atoms with Crippen molar-refractivity contribution in [3.8, 4) is 11.3 Å². The predicted octanol–water partition coefficient (Wildman–Crippen LogP) is 2.82. The van der Waals surface area contributed by atoms with Crippen molar-refractivity contribution in [1.29, 1.82) is 0 Å². The highest BCUT2D eigenvalue weighted by Gasteiger charge is 2.34. The lowest BCUT2D eigenvalue weighted by Gasteiger charge is -2.37. The van der Waals surface area contributed by atoms with Gasteiger partial charge in [0.25, 0.3) is 0 Å². The number of aromatic nitrogens is 1. The average molecular weight is 438 g/mol. The zero-order chi connectivity index (χ0) is 21.4. The molecule has 1 aromatic heterocycles. The Bertz CT molecular complexity index is 1200. The van der Waals surface area contributed by atoms with Gasteiger partial charge in [-0.15, -0.1) is 0 Å².